The maximum Gasteiger partial charge on any atom is 0.266 e. The molecule has 3 aromatic rings. The number of para-hydroxylation sites is 1. The van der Waals surface area contributed by atoms with E-state index in [-0.39, 0.29) is 12.1 Å². The molecule has 6 nitrogen and oxygen atoms in total. The number of anilines is 1. The predicted molar refractivity (Wildman–Crippen MR) is 100 cm³/mol. The number of aryl methyl sites for hydroxylation is 1. The van der Waals surface area contributed by atoms with E-state index in [2.05, 4.69) is 5.32 Å². The molecule has 6 heteroatoms. The van der Waals surface area contributed by atoms with Crippen molar-refractivity contribution >= 4 is 34.5 Å². The number of nitriles is 1. The van der Waals surface area contributed by atoms with Crippen molar-refractivity contribution in [3.8, 4) is 6.07 Å². The third kappa shape index (κ3) is 4.05. The molecule has 0 spiro atoms. The topological polar surface area (TPSA) is 98.0 Å². The quantitative estimate of drug-likeness (QED) is 0.559. The third-order valence-corrected chi connectivity index (χ3v) is 4.09. The van der Waals surface area contributed by atoms with E-state index >= 15 is 0 Å². The predicted octanol–water partition coefficient (Wildman–Crippen LogP) is 2.25. The van der Waals surface area contributed by atoms with Gasteiger partial charge in [-0.05, 0) is 31.2 Å². The molecule has 134 valence electrons. The summed E-state index contributed by atoms with van der Waals surface area (Å²) in [4.78, 5) is 23.4. The van der Waals surface area contributed by atoms with Crippen LogP contribution in [0.3, 0.4) is 0 Å². The number of hydrogen-bond donors (Lipinski definition) is 1. The van der Waals surface area contributed by atoms with Crippen molar-refractivity contribution in [1.29, 1.82) is 5.26 Å². The first-order valence-corrected chi connectivity index (χ1v) is 8.25. The van der Waals surface area contributed by atoms with E-state index in [0.717, 1.165) is 10.9 Å². The van der Waals surface area contributed by atoms with Crippen LogP contribution >= 0.6 is 0 Å². The lowest BCUT2D eigenvalue weighted by Gasteiger charge is -2.05. The number of amides is 1. The number of benzene rings is 2. The summed E-state index contributed by atoms with van der Waals surface area (Å²) in [6.07, 6.45) is 3.05. The van der Waals surface area contributed by atoms with Crippen LogP contribution < -0.4 is 10.4 Å². The molecule has 0 saturated heterocycles. The maximum atomic E-state index is 12.4. The number of carbonyl (C=O) groups is 2. The van der Waals surface area contributed by atoms with Gasteiger partial charge in [-0.25, -0.2) is 0 Å². The molecule has 1 heterocycles. The number of fused-ring (bicyclic) bond motifs is 1. The molecule has 0 aliphatic carbocycles. The first-order valence-electron chi connectivity index (χ1n) is 8.25. The van der Waals surface area contributed by atoms with Gasteiger partial charge in [0.05, 0.1) is 12.5 Å². The summed E-state index contributed by atoms with van der Waals surface area (Å²) in [6.45, 7) is 1.63. The molecule has 0 saturated carbocycles. The standard InChI is InChI=1S/C21H17N3O3/c1-14-6-8-17(9-7-14)23-21(27)15(11-22)10-16-12-24(13-20(25)26)19-5-3-2-4-18(16)19/h2-10,12H,13H2,1H3,(H,23,27)(H,25,26)/p-1/b15-10-. The van der Waals surface area contributed by atoms with E-state index in [0.29, 0.717) is 16.8 Å². The fourth-order valence-electron chi connectivity index (χ4n) is 2.80. The third-order valence-electron chi connectivity index (χ3n) is 4.09. The zero-order valence-corrected chi connectivity index (χ0v) is 14.6. The Morgan fingerprint density at radius 1 is 1.19 bits per heavy atom. The van der Waals surface area contributed by atoms with E-state index < -0.39 is 11.9 Å². The zero-order chi connectivity index (χ0) is 19.4. The van der Waals surface area contributed by atoms with Gasteiger partial charge < -0.3 is 19.8 Å². The molecule has 2 aromatic carbocycles. The lowest BCUT2D eigenvalue weighted by Crippen LogP contribution is -2.27. The lowest BCUT2D eigenvalue weighted by atomic mass is 10.1. The van der Waals surface area contributed by atoms with Crippen LogP contribution in [0.1, 0.15) is 11.1 Å². The second-order valence-corrected chi connectivity index (χ2v) is 6.09. The molecule has 27 heavy (non-hydrogen) atoms. The summed E-state index contributed by atoms with van der Waals surface area (Å²) < 4.78 is 1.52. The fourth-order valence-corrected chi connectivity index (χ4v) is 2.80. The van der Waals surface area contributed by atoms with Crippen LogP contribution in [0, 0.1) is 18.3 Å². The fraction of sp³-hybridized carbons (Fsp3) is 0.0952. The smallest absolute Gasteiger partial charge is 0.266 e. The van der Waals surface area contributed by atoms with Gasteiger partial charge in [0.25, 0.3) is 5.91 Å². The Bertz CT molecular complexity index is 1090. The van der Waals surface area contributed by atoms with E-state index in [9.17, 15) is 20.0 Å². The van der Waals surface area contributed by atoms with Crippen molar-refractivity contribution in [2.75, 3.05) is 5.32 Å². The molecule has 0 radical (unpaired) electrons. The monoisotopic (exact) mass is 358 g/mol. The van der Waals surface area contributed by atoms with E-state index in [1.807, 2.05) is 25.1 Å². The van der Waals surface area contributed by atoms with E-state index in [1.54, 1.807) is 42.6 Å². The summed E-state index contributed by atoms with van der Waals surface area (Å²) in [7, 11) is 0. The lowest BCUT2D eigenvalue weighted by molar-refractivity contribution is -0.306. The number of carbonyl (C=O) groups excluding carboxylic acids is 2. The van der Waals surface area contributed by atoms with Gasteiger partial charge >= 0.3 is 0 Å². The number of hydrogen-bond acceptors (Lipinski definition) is 4. The van der Waals surface area contributed by atoms with Gasteiger partial charge in [0, 0.05) is 28.4 Å². The highest BCUT2D eigenvalue weighted by Crippen LogP contribution is 2.24. The second kappa shape index (κ2) is 7.58. The van der Waals surface area contributed by atoms with E-state index in [4.69, 9.17) is 0 Å². The van der Waals surface area contributed by atoms with E-state index in [1.165, 1.54) is 10.6 Å². The van der Waals surface area contributed by atoms with Crippen LogP contribution in [0.5, 0.6) is 0 Å². The summed E-state index contributed by atoms with van der Waals surface area (Å²) >= 11 is 0. The van der Waals surface area contributed by atoms with Gasteiger partial charge in [-0.1, -0.05) is 35.9 Å². The van der Waals surface area contributed by atoms with Crippen LogP contribution in [0.15, 0.2) is 60.3 Å². The minimum Gasteiger partial charge on any atom is -0.548 e. The molecule has 1 aromatic heterocycles. The Morgan fingerprint density at radius 2 is 1.89 bits per heavy atom. The molecular formula is C21H16N3O3-. The Balaban J connectivity index is 1.95. The molecule has 0 fully saturated rings. The molecule has 0 aliphatic heterocycles. The molecular weight excluding hydrogens is 342 g/mol. The number of aromatic nitrogens is 1. The van der Waals surface area contributed by atoms with Gasteiger partial charge in [0.2, 0.25) is 0 Å². The van der Waals surface area contributed by atoms with Crippen molar-refractivity contribution in [1.82, 2.24) is 4.57 Å². The number of aliphatic carboxylic acids is 1. The van der Waals surface area contributed by atoms with Gasteiger partial charge in [0.15, 0.2) is 0 Å². The number of carboxylic acid groups (broad SMARTS) is 1. The maximum absolute atomic E-state index is 12.4. The van der Waals surface area contributed by atoms with Crippen molar-refractivity contribution in [3.63, 3.8) is 0 Å². The van der Waals surface area contributed by atoms with Gasteiger partial charge in [0.1, 0.15) is 11.6 Å². The minimum absolute atomic E-state index is 0.0769. The first kappa shape index (κ1) is 18.0. The molecule has 0 aliphatic rings. The number of rotatable bonds is 5. The Kier molecular flexibility index (Phi) is 5.04. The summed E-state index contributed by atoms with van der Waals surface area (Å²) in [5.41, 5.74) is 2.84. The average molecular weight is 358 g/mol. The van der Waals surface area contributed by atoms with Crippen LogP contribution in [0.2, 0.25) is 0 Å². The van der Waals surface area contributed by atoms with Crippen LogP contribution in [0.25, 0.3) is 17.0 Å². The van der Waals surface area contributed by atoms with Crippen molar-refractivity contribution < 1.29 is 14.7 Å². The van der Waals surface area contributed by atoms with Crippen molar-refractivity contribution in [3.05, 3.63) is 71.4 Å². The first-order chi connectivity index (χ1) is 13.0. The summed E-state index contributed by atoms with van der Waals surface area (Å²) in [6, 6.07) is 16.3. The van der Waals surface area contributed by atoms with Crippen LogP contribution in [-0.4, -0.2) is 16.4 Å². The Morgan fingerprint density at radius 3 is 2.56 bits per heavy atom. The normalized spacial score (nSPS) is 11.2. The number of carboxylic acids is 1. The Hall–Kier alpha value is -3.85. The molecule has 0 bridgehead atoms. The van der Waals surface area contributed by atoms with Gasteiger partial charge in [-0.3, -0.25) is 4.79 Å². The summed E-state index contributed by atoms with van der Waals surface area (Å²) in [5.74, 6) is -1.75. The van der Waals surface area contributed by atoms with Crippen molar-refractivity contribution in [2.24, 2.45) is 0 Å². The molecule has 3 rings (SSSR count). The molecule has 0 atom stereocenters. The zero-order valence-electron chi connectivity index (χ0n) is 14.6. The highest BCUT2D eigenvalue weighted by molar-refractivity contribution is 6.10. The molecule has 0 unspecified atom stereocenters. The van der Waals surface area contributed by atoms with Crippen LogP contribution in [0.4, 0.5) is 5.69 Å². The van der Waals surface area contributed by atoms with Gasteiger partial charge in [-0.2, -0.15) is 5.26 Å². The number of nitrogens with zero attached hydrogens (tertiary/aromatic N) is 2. The minimum atomic E-state index is -1.22. The largest absolute Gasteiger partial charge is 0.548 e. The molecule has 1 amide bonds. The highest BCUT2D eigenvalue weighted by Gasteiger charge is 2.13. The Labute approximate surface area is 156 Å². The van der Waals surface area contributed by atoms with Crippen molar-refractivity contribution in [2.45, 2.75) is 13.5 Å². The van der Waals surface area contributed by atoms with Crippen LogP contribution in [-0.2, 0) is 16.1 Å². The average Bonchev–Trinajstić information content (AvgIpc) is 2.98. The highest BCUT2D eigenvalue weighted by atomic mass is 16.4. The molecule has 1 N–H and O–H groups in total. The summed E-state index contributed by atoms with van der Waals surface area (Å²) in [5, 5.41) is 23.8. The second-order valence-electron chi connectivity index (χ2n) is 6.09. The number of nitrogens with one attached hydrogen (secondary N) is 1. The van der Waals surface area contributed by atoms with Gasteiger partial charge in [-0.15, -0.1) is 0 Å². The SMILES string of the molecule is Cc1ccc(NC(=O)/C(C#N)=C\c2cn(CC(=O)[O-])c3ccccc23)cc1.